The van der Waals surface area contributed by atoms with Crippen LogP contribution in [0.15, 0.2) is 0 Å². The Labute approximate surface area is 202 Å². The largest absolute Gasteiger partial charge is 0.396 e. The van der Waals surface area contributed by atoms with E-state index >= 15 is 0 Å². The maximum Gasteiger partial charge on any atom is 0.136 e. The highest BCUT2D eigenvalue weighted by Crippen LogP contribution is 2.78. The quantitative estimate of drug-likeness (QED) is 0.503. The van der Waals surface area contributed by atoms with Gasteiger partial charge in [-0.15, -0.1) is 0 Å². The van der Waals surface area contributed by atoms with Crippen molar-refractivity contribution >= 4 is 5.78 Å². The number of carbonyl (C=O) groups excluding carboxylic acids is 1. The SMILES string of the molecule is CC1C(=O)CCC2C1(C)CCC1C2(C)CCC2(C)C3CC(C)(CO)CCC3(CO)CCC12C. The zero-order valence-electron chi connectivity index (χ0n) is 22.3. The predicted molar refractivity (Wildman–Crippen MR) is 133 cm³/mol. The van der Waals surface area contributed by atoms with Crippen molar-refractivity contribution in [1.29, 1.82) is 0 Å². The average molecular weight is 459 g/mol. The summed E-state index contributed by atoms with van der Waals surface area (Å²) in [5, 5.41) is 21.0. The molecule has 5 aliphatic carbocycles. The molecule has 5 aliphatic rings. The van der Waals surface area contributed by atoms with E-state index in [2.05, 4.69) is 41.5 Å². The number of hydrogen-bond acceptors (Lipinski definition) is 3. The molecule has 3 nitrogen and oxygen atoms in total. The van der Waals surface area contributed by atoms with Crippen molar-refractivity contribution in [2.75, 3.05) is 13.2 Å². The number of rotatable bonds is 2. The highest BCUT2D eigenvalue weighted by atomic mass is 16.3. The Morgan fingerprint density at radius 1 is 0.727 bits per heavy atom. The van der Waals surface area contributed by atoms with Gasteiger partial charge in [0.1, 0.15) is 5.78 Å². The predicted octanol–water partition coefficient (Wildman–Crippen LogP) is 6.40. The van der Waals surface area contributed by atoms with Crippen LogP contribution < -0.4 is 0 Å². The van der Waals surface area contributed by atoms with Crippen molar-refractivity contribution in [3.05, 3.63) is 0 Å². The number of Topliss-reactive ketones (excluding diaryl/α,β-unsaturated/α-hetero) is 1. The summed E-state index contributed by atoms with van der Waals surface area (Å²) >= 11 is 0. The first-order valence-electron chi connectivity index (χ1n) is 14.1. The molecule has 0 bridgehead atoms. The Morgan fingerprint density at radius 2 is 1.36 bits per heavy atom. The minimum absolute atomic E-state index is 0.00432. The van der Waals surface area contributed by atoms with E-state index in [0.717, 1.165) is 38.5 Å². The van der Waals surface area contributed by atoms with E-state index in [9.17, 15) is 15.0 Å². The van der Waals surface area contributed by atoms with Crippen LogP contribution in [0.1, 0.15) is 112 Å². The van der Waals surface area contributed by atoms with E-state index in [1.165, 1.54) is 32.1 Å². The standard InChI is InChI=1S/C30H50O3/c1-20-21(33)7-8-22-26(20,3)10-9-23-27(22,4)12-13-29(6)24-17-25(2,18-31)11-15-30(24,19-32)16-14-28(23,29)5/h20,22-24,31-32H,7-19H2,1-6H3. The molecule has 0 saturated heterocycles. The van der Waals surface area contributed by atoms with Crippen LogP contribution in [0.5, 0.6) is 0 Å². The first-order valence-corrected chi connectivity index (χ1v) is 14.1. The lowest BCUT2D eigenvalue weighted by Crippen LogP contribution is -2.68. The van der Waals surface area contributed by atoms with Crippen LogP contribution in [0.4, 0.5) is 0 Å². The molecular formula is C30H50O3. The summed E-state index contributed by atoms with van der Waals surface area (Å²) in [5.41, 5.74) is 0.988. The fourth-order valence-corrected chi connectivity index (χ4v) is 11.3. The molecule has 10 unspecified atom stereocenters. The van der Waals surface area contributed by atoms with Gasteiger partial charge in [0.25, 0.3) is 0 Å². The lowest BCUT2D eigenvalue weighted by atomic mass is 9.30. The van der Waals surface area contributed by atoms with Gasteiger partial charge in [-0.25, -0.2) is 0 Å². The third kappa shape index (κ3) is 2.90. The molecule has 188 valence electrons. The summed E-state index contributed by atoms with van der Waals surface area (Å²) in [6, 6.07) is 0. The molecule has 5 saturated carbocycles. The maximum absolute atomic E-state index is 12.7. The van der Waals surface area contributed by atoms with Crippen LogP contribution in [0.25, 0.3) is 0 Å². The van der Waals surface area contributed by atoms with Crippen LogP contribution in [0, 0.1) is 56.2 Å². The fourth-order valence-electron chi connectivity index (χ4n) is 11.3. The summed E-state index contributed by atoms with van der Waals surface area (Å²) in [6.07, 6.45) is 12.4. The molecule has 0 aromatic rings. The minimum Gasteiger partial charge on any atom is -0.396 e. The molecule has 0 heterocycles. The van der Waals surface area contributed by atoms with Crippen LogP contribution in [-0.4, -0.2) is 29.2 Å². The van der Waals surface area contributed by atoms with Crippen molar-refractivity contribution in [1.82, 2.24) is 0 Å². The Kier molecular flexibility index (Phi) is 5.38. The van der Waals surface area contributed by atoms with Crippen molar-refractivity contribution in [3.8, 4) is 0 Å². The van der Waals surface area contributed by atoms with E-state index in [1.54, 1.807) is 0 Å². The van der Waals surface area contributed by atoms with Gasteiger partial charge in [-0.05, 0) is 114 Å². The Balaban J connectivity index is 1.55. The molecule has 0 radical (unpaired) electrons. The Bertz CT molecular complexity index is 823. The smallest absolute Gasteiger partial charge is 0.136 e. The summed E-state index contributed by atoms with van der Waals surface area (Å²) < 4.78 is 0. The number of aliphatic hydroxyl groups is 2. The van der Waals surface area contributed by atoms with Gasteiger partial charge in [-0.3, -0.25) is 4.79 Å². The zero-order chi connectivity index (χ0) is 24.1. The van der Waals surface area contributed by atoms with Gasteiger partial charge >= 0.3 is 0 Å². The van der Waals surface area contributed by atoms with E-state index in [0.29, 0.717) is 35.6 Å². The lowest BCUT2D eigenvalue weighted by Gasteiger charge is -2.75. The summed E-state index contributed by atoms with van der Waals surface area (Å²) in [6.45, 7) is 15.4. The second kappa shape index (κ2) is 7.31. The minimum atomic E-state index is -0.00432. The second-order valence-electron chi connectivity index (χ2n) is 15.0. The highest BCUT2D eigenvalue weighted by molar-refractivity contribution is 5.82. The molecule has 0 amide bonds. The third-order valence-corrected chi connectivity index (χ3v) is 14.0. The van der Waals surface area contributed by atoms with E-state index in [4.69, 9.17) is 0 Å². The first-order chi connectivity index (χ1) is 15.3. The van der Waals surface area contributed by atoms with Crippen molar-refractivity contribution in [2.45, 2.75) is 112 Å². The fraction of sp³-hybridized carbons (Fsp3) is 0.967. The van der Waals surface area contributed by atoms with Crippen molar-refractivity contribution in [2.24, 2.45) is 56.2 Å². The molecule has 0 spiro atoms. The monoisotopic (exact) mass is 458 g/mol. The molecule has 5 fully saturated rings. The summed E-state index contributed by atoms with van der Waals surface area (Å²) in [7, 11) is 0. The first kappa shape index (κ1) is 24.3. The van der Waals surface area contributed by atoms with Crippen LogP contribution in [0.3, 0.4) is 0 Å². The number of hydrogen-bond donors (Lipinski definition) is 2. The highest BCUT2D eigenvalue weighted by Gasteiger charge is 2.71. The number of carbonyl (C=O) groups is 1. The van der Waals surface area contributed by atoms with Gasteiger partial charge < -0.3 is 10.2 Å². The summed E-state index contributed by atoms with van der Waals surface area (Å²) in [5.74, 6) is 2.53. The number of fused-ring (bicyclic) bond motifs is 7. The van der Waals surface area contributed by atoms with Gasteiger partial charge in [-0.2, -0.15) is 0 Å². The Morgan fingerprint density at radius 3 is 2.03 bits per heavy atom. The molecule has 3 heteroatoms. The Hall–Kier alpha value is -0.410. The molecular weight excluding hydrogens is 408 g/mol. The van der Waals surface area contributed by atoms with Gasteiger partial charge in [-0.1, -0.05) is 41.5 Å². The lowest BCUT2D eigenvalue weighted by molar-refractivity contribution is -0.264. The molecule has 0 aromatic heterocycles. The second-order valence-corrected chi connectivity index (χ2v) is 15.0. The average Bonchev–Trinajstić information content (AvgIpc) is 2.79. The van der Waals surface area contributed by atoms with Crippen molar-refractivity contribution < 1.29 is 15.0 Å². The molecule has 0 aliphatic heterocycles. The van der Waals surface area contributed by atoms with E-state index in [-0.39, 0.29) is 39.6 Å². The molecule has 2 N–H and O–H groups in total. The van der Waals surface area contributed by atoms with E-state index < -0.39 is 0 Å². The van der Waals surface area contributed by atoms with Crippen LogP contribution in [-0.2, 0) is 4.79 Å². The van der Waals surface area contributed by atoms with Gasteiger partial charge in [0, 0.05) is 25.6 Å². The maximum atomic E-state index is 12.7. The van der Waals surface area contributed by atoms with Crippen LogP contribution in [0.2, 0.25) is 0 Å². The van der Waals surface area contributed by atoms with Crippen molar-refractivity contribution in [3.63, 3.8) is 0 Å². The third-order valence-electron chi connectivity index (χ3n) is 14.0. The van der Waals surface area contributed by atoms with Gasteiger partial charge in [0.15, 0.2) is 0 Å². The van der Waals surface area contributed by atoms with Gasteiger partial charge in [0.2, 0.25) is 0 Å². The van der Waals surface area contributed by atoms with E-state index in [1.807, 2.05) is 0 Å². The number of aliphatic hydroxyl groups excluding tert-OH is 2. The molecule has 33 heavy (non-hydrogen) atoms. The number of ketones is 1. The summed E-state index contributed by atoms with van der Waals surface area (Å²) in [4.78, 5) is 12.7. The molecule has 10 atom stereocenters. The molecule has 0 aromatic carbocycles. The zero-order valence-corrected chi connectivity index (χ0v) is 22.3. The topological polar surface area (TPSA) is 57.5 Å². The van der Waals surface area contributed by atoms with Crippen LogP contribution >= 0.6 is 0 Å². The normalized spacial score (nSPS) is 58.6. The molecule has 5 rings (SSSR count). The van der Waals surface area contributed by atoms with Gasteiger partial charge in [0.05, 0.1) is 0 Å².